The first-order chi connectivity index (χ1) is 12.0. The molecule has 132 valence electrons. The molecule has 0 N–H and O–H groups in total. The lowest BCUT2D eigenvalue weighted by molar-refractivity contribution is -0.149. The molecule has 1 aliphatic rings. The van der Waals surface area contributed by atoms with Crippen LogP contribution in [0.1, 0.15) is 43.4 Å². The van der Waals surface area contributed by atoms with Crippen molar-refractivity contribution in [1.29, 1.82) is 0 Å². The third kappa shape index (κ3) is 6.35. The lowest BCUT2D eigenvalue weighted by Crippen LogP contribution is -2.17. The van der Waals surface area contributed by atoms with Crippen molar-refractivity contribution in [3.8, 4) is 0 Å². The number of aryl methyl sites for hydroxylation is 1. The lowest BCUT2D eigenvalue weighted by atomic mass is 9.94. The van der Waals surface area contributed by atoms with Crippen LogP contribution in [0.15, 0.2) is 54.6 Å². The molecular formula is C21H23ClO3. The van der Waals surface area contributed by atoms with Gasteiger partial charge in [-0.3, -0.25) is 9.59 Å². The fourth-order valence-electron chi connectivity index (χ4n) is 2.90. The molecule has 3 nitrogen and oxygen atoms in total. The Balaban J connectivity index is 0.000000269. The molecule has 0 radical (unpaired) electrons. The fraction of sp³-hybridized carbons (Fsp3) is 0.333. The van der Waals surface area contributed by atoms with Crippen LogP contribution in [-0.2, 0) is 14.3 Å². The van der Waals surface area contributed by atoms with Gasteiger partial charge < -0.3 is 4.74 Å². The molecule has 0 heterocycles. The van der Waals surface area contributed by atoms with E-state index in [1.54, 1.807) is 12.1 Å². The van der Waals surface area contributed by atoms with Gasteiger partial charge in [-0.25, -0.2) is 0 Å². The molecule has 0 spiro atoms. The summed E-state index contributed by atoms with van der Waals surface area (Å²) in [6, 6.07) is 17.5. The molecular weight excluding hydrogens is 336 g/mol. The molecule has 1 aliphatic carbocycles. The number of esters is 1. The summed E-state index contributed by atoms with van der Waals surface area (Å²) in [5.41, 5.74) is 2.22. The number of halogens is 1. The van der Waals surface area contributed by atoms with Crippen molar-refractivity contribution in [2.75, 3.05) is 0 Å². The maximum absolute atomic E-state index is 11.4. The third-order valence-electron chi connectivity index (χ3n) is 4.14. The van der Waals surface area contributed by atoms with Gasteiger partial charge in [0.15, 0.2) is 0 Å². The van der Waals surface area contributed by atoms with Crippen molar-refractivity contribution in [2.45, 2.75) is 39.2 Å². The van der Waals surface area contributed by atoms with Crippen LogP contribution in [0.25, 0.3) is 0 Å². The van der Waals surface area contributed by atoms with E-state index in [2.05, 4.69) is 19.1 Å². The first-order valence-electron chi connectivity index (χ1n) is 8.41. The monoisotopic (exact) mass is 358 g/mol. The Morgan fingerprint density at radius 2 is 1.76 bits per heavy atom. The van der Waals surface area contributed by atoms with Gasteiger partial charge in [0.25, 0.3) is 0 Å². The van der Waals surface area contributed by atoms with Gasteiger partial charge in [-0.1, -0.05) is 59.6 Å². The van der Waals surface area contributed by atoms with Crippen LogP contribution in [0.4, 0.5) is 0 Å². The quantitative estimate of drug-likeness (QED) is 0.698. The number of Topliss-reactive ketones (excluding diaryl/α,β-unsaturated/α-hetero) is 1. The predicted molar refractivity (Wildman–Crippen MR) is 99.5 cm³/mol. The second-order valence-corrected chi connectivity index (χ2v) is 6.71. The maximum atomic E-state index is 11.4. The van der Waals surface area contributed by atoms with Gasteiger partial charge in [0.1, 0.15) is 11.9 Å². The number of rotatable bonds is 3. The van der Waals surface area contributed by atoms with Crippen LogP contribution >= 0.6 is 11.6 Å². The Bertz CT molecular complexity index is 695. The highest BCUT2D eigenvalue weighted by Crippen LogP contribution is 2.37. The Morgan fingerprint density at radius 1 is 1.12 bits per heavy atom. The van der Waals surface area contributed by atoms with Crippen molar-refractivity contribution in [1.82, 2.24) is 0 Å². The summed E-state index contributed by atoms with van der Waals surface area (Å²) >= 11 is 5.84. The number of hydrogen-bond acceptors (Lipinski definition) is 3. The molecule has 2 unspecified atom stereocenters. The smallest absolute Gasteiger partial charge is 0.303 e. The van der Waals surface area contributed by atoms with E-state index in [4.69, 9.17) is 16.3 Å². The Labute approximate surface area is 154 Å². The molecule has 4 heteroatoms. The van der Waals surface area contributed by atoms with Crippen LogP contribution in [-0.4, -0.2) is 11.8 Å². The van der Waals surface area contributed by atoms with Crippen molar-refractivity contribution >= 4 is 23.4 Å². The minimum Gasteiger partial charge on any atom is -0.457 e. The average Bonchev–Trinajstić information content (AvgIpc) is 3.01. The van der Waals surface area contributed by atoms with E-state index in [-0.39, 0.29) is 23.8 Å². The molecule has 0 amide bonds. The molecule has 1 saturated carbocycles. The zero-order valence-corrected chi connectivity index (χ0v) is 15.3. The van der Waals surface area contributed by atoms with E-state index in [9.17, 15) is 9.59 Å². The SMILES string of the molecule is CC(=O)OC(c1ccc(Cl)cc1)C1CCC(=O)C1.Cc1ccccc1. The molecule has 2 aromatic rings. The van der Waals surface area contributed by atoms with Gasteiger partial charge in [0, 0.05) is 30.7 Å². The normalized spacial score (nSPS) is 17.4. The fourth-order valence-corrected chi connectivity index (χ4v) is 3.03. The van der Waals surface area contributed by atoms with Gasteiger partial charge >= 0.3 is 5.97 Å². The van der Waals surface area contributed by atoms with E-state index >= 15 is 0 Å². The van der Waals surface area contributed by atoms with Gasteiger partial charge in [0.2, 0.25) is 0 Å². The van der Waals surface area contributed by atoms with Gasteiger partial charge in [-0.2, -0.15) is 0 Å². The molecule has 0 aliphatic heterocycles. The lowest BCUT2D eigenvalue weighted by Gasteiger charge is -2.23. The highest BCUT2D eigenvalue weighted by molar-refractivity contribution is 6.30. The van der Waals surface area contributed by atoms with Crippen molar-refractivity contribution < 1.29 is 14.3 Å². The largest absolute Gasteiger partial charge is 0.457 e. The van der Waals surface area contributed by atoms with Crippen LogP contribution in [0.2, 0.25) is 5.02 Å². The summed E-state index contributed by atoms with van der Waals surface area (Å²) < 4.78 is 5.37. The van der Waals surface area contributed by atoms with Crippen LogP contribution in [0, 0.1) is 12.8 Å². The molecule has 0 saturated heterocycles. The second-order valence-electron chi connectivity index (χ2n) is 6.28. The summed E-state index contributed by atoms with van der Waals surface area (Å²) in [7, 11) is 0. The average molecular weight is 359 g/mol. The van der Waals surface area contributed by atoms with Crippen molar-refractivity contribution in [3.05, 3.63) is 70.7 Å². The maximum Gasteiger partial charge on any atom is 0.303 e. The molecule has 0 aromatic heterocycles. The highest BCUT2D eigenvalue weighted by atomic mass is 35.5. The van der Waals surface area contributed by atoms with E-state index < -0.39 is 0 Å². The third-order valence-corrected chi connectivity index (χ3v) is 4.40. The van der Waals surface area contributed by atoms with Crippen LogP contribution in [0.5, 0.6) is 0 Å². The number of ether oxygens (including phenoxy) is 1. The Kier molecular flexibility index (Phi) is 7.20. The molecule has 2 atom stereocenters. The van der Waals surface area contributed by atoms with E-state index in [1.165, 1.54) is 12.5 Å². The first-order valence-corrected chi connectivity index (χ1v) is 8.79. The topological polar surface area (TPSA) is 43.4 Å². The van der Waals surface area contributed by atoms with E-state index in [1.807, 2.05) is 30.3 Å². The van der Waals surface area contributed by atoms with Crippen LogP contribution < -0.4 is 0 Å². The van der Waals surface area contributed by atoms with Gasteiger partial charge in [-0.05, 0) is 31.0 Å². The molecule has 3 rings (SSSR count). The summed E-state index contributed by atoms with van der Waals surface area (Å²) in [6.07, 6.45) is 1.50. The number of hydrogen-bond donors (Lipinski definition) is 0. The predicted octanol–water partition coefficient (Wildman–Crippen LogP) is 5.31. The minimum absolute atomic E-state index is 0.0857. The number of carbonyl (C=O) groups is 2. The van der Waals surface area contributed by atoms with Crippen LogP contribution in [0.3, 0.4) is 0 Å². The number of benzene rings is 2. The summed E-state index contributed by atoms with van der Waals surface area (Å²) in [5, 5.41) is 0.642. The zero-order chi connectivity index (χ0) is 18.2. The number of carbonyl (C=O) groups excluding carboxylic acids is 2. The van der Waals surface area contributed by atoms with E-state index in [0.29, 0.717) is 17.9 Å². The second kappa shape index (κ2) is 9.38. The van der Waals surface area contributed by atoms with Crippen molar-refractivity contribution in [2.24, 2.45) is 5.92 Å². The van der Waals surface area contributed by atoms with Gasteiger partial charge in [-0.15, -0.1) is 0 Å². The number of ketones is 1. The molecule has 25 heavy (non-hydrogen) atoms. The standard InChI is InChI=1S/C14H15ClO3.C7H8/c1-9(16)18-14(11-4-7-13(17)8-11)10-2-5-12(15)6-3-10;1-7-5-3-2-4-6-7/h2-3,5-6,11,14H,4,7-8H2,1H3;2-6H,1H3. The zero-order valence-electron chi connectivity index (χ0n) is 14.6. The molecule has 1 fully saturated rings. The van der Waals surface area contributed by atoms with Crippen molar-refractivity contribution in [3.63, 3.8) is 0 Å². The summed E-state index contributed by atoms with van der Waals surface area (Å²) in [4.78, 5) is 22.6. The van der Waals surface area contributed by atoms with E-state index in [0.717, 1.165) is 12.0 Å². The molecule has 0 bridgehead atoms. The first kappa shape index (κ1) is 19.2. The summed E-state index contributed by atoms with van der Waals surface area (Å²) in [5.74, 6) is 0.00277. The summed E-state index contributed by atoms with van der Waals surface area (Å²) in [6.45, 7) is 3.47. The Morgan fingerprint density at radius 3 is 2.20 bits per heavy atom. The minimum atomic E-state index is -0.341. The van der Waals surface area contributed by atoms with Gasteiger partial charge in [0.05, 0.1) is 0 Å². The Hall–Kier alpha value is -2.13. The highest BCUT2D eigenvalue weighted by Gasteiger charge is 2.32. The molecule has 2 aromatic carbocycles.